The minimum atomic E-state index is -3.64. The van der Waals surface area contributed by atoms with E-state index in [1.165, 1.54) is 18.2 Å². The van der Waals surface area contributed by atoms with Crippen LogP contribution in [-0.2, 0) is 9.84 Å². The number of ketones is 1. The van der Waals surface area contributed by atoms with Crippen molar-refractivity contribution in [3.8, 4) is 22.6 Å². The minimum absolute atomic E-state index is 0.0367. The number of nitrogens with zero attached hydrogens (tertiary/aromatic N) is 1. The number of nitrogens with one attached hydrogen (secondary N) is 1. The molecule has 0 spiro atoms. The van der Waals surface area contributed by atoms with Gasteiger partial charge in [-0.15, -0.1) is 0 Å². The Morgan fingerprint density at radius 2 is 1.72 bits per heavy atom. The zero-order valence-electron chi connectivity index (χ0n) is 19.2. The Bertz CT molecular complexity index is 1490. The molecule has 0 saturated carbocycles. The van der Waals surface area contributed by atoms with Crippen LogP contribution in [0.15, 0.2) is 82.3 Å². The van der Waals surface area contributed by atoms with Crippen LogP contribution in [0.2, 0.25) is 5.02 Å². The lowest BCUT2D eigenvalue weighted by molar-refractivity contribution is 0.0979. The number of sulfone groups is 1. The van der Waals surface area contributed by atoms with Gasteiger partial charge in [0.25, 0.3) is 0 Å². The molecular weight excluding hydrogens is 567 g/mol. The summed E-state index contributed by atoms with van der Waals surface area (Å²) in [7, 11) is -3.64. The van der Waals surface area contributed by atoms with Crippen molar-refractivity contribution in [3.05, 3.63) is 93.8 Å². The lowest BCUT2D eigenvalue weighted by Gasteiger charge is -2.09. The van der Waals surface area contributed by atoms with Gasteiger partial charge in [0.2, 0.25) is 0 Å². The summed E-state index contributed by atoms with van der Waals surface area (Å²) < 4.78 is 40.3. The maximum Gasteiger partial charge on any atom is 0.179 e. The van der Waals surface area contributed by atoms with E-state index in [0.29, 0.717) is 58.4 Å². The number of carbonyl (C=O) groups excluding carboxylic acids is 1. The molecule has 1 heterocycles. The summed E-state index contributed by atoms with van der Waals surface area (Å²) in [6, 6.07) is 18.5. The molecule has 4 rings (SSSR count). The highest BCUT2D eigenvalue weighted by Gasteiger charge is 2.20. The summed E-state index contributed by atoms with van der Waals surface area (Å²) in [5.74, 6) is 0.0313. The van der Waals surface area contributed by atoms with Crippen LogP contribution in [0.1, 0.15) is 36.0 Å². The maximum atomic E-state index is 13.9. The number of Topliss-reactive ketones (excluding diaryl/α,β-unsaturated/α-hetero) is 1. The predicted octanol–water partition coefficient (Wildman–Crippen LogP) is 7.52. The van der Waals surface area contributed by atoms with E-state index < -0.39 is 15.7 Å². The van der Waals surface area contributed by atoms with Crippen LogP contribution in [0.3, 0.4) is 0 Å². The molecule has 186 valence electrons. The first-order chi connectivity index (χ1) is 17.2. The Labute approximate surface area is 222 Å². The molecule has 36 heavy (non-hydrogen) atoms. The molecule has 0 bridgehead atoms. The van der Waals surface area contributed by atoms with Gasteiger partial charge in [0, 0.05) is 23.1 Å². The Kier molecular flexibility index (Phi) is 8.39. The second-order valence-electron chi connectivity index (χ2n) is 8.34. The van der Waals surface area contributed by atoms with Gasteiger partial charge >= 0.3 is 0 Å². The zero-order chi connectivity index (χ0) is 25.7. The summed E-state index contributed by atoms with van der Waals surface area (Å²) in [6.07, 6.45) is 3.59. The number of unbranched alkanes of at least 4 members (excludes halogenated alkanes) is 2. The van der Waals surface area contributed by atoms with Crippen molar-refractivity contribution in [2.75, 3.05) is 5.75 Å². The van der Waals surface area contributed by atoms with E-state index in [1.807, 2.05) is 18.2 Å². The van der Waals surface area contributed by atoms with E-state index in [4.69, 9.17) is 11.6 Å². The van der Waals surface area contributed by atoms with Crippen LogP contribution in [0.5, 0.6) is 0 Å². The molecule has 0 amide bonds. The second-order valence-corrected chi connectivity index (χ2v) is 11.7. The Hall–Kier alpha value is -2.81. The van der Waals surface area contributed by atoms with Crippen molar-refractivity contribution >= 4 is 43.2 Å². The fourth-order valence-electron chi connectivity index (χ4n) is 3.80. The topological polar surface area (TPSA) is 79.9 Å². The van der Waals surface area contributed by atoms with Crippen LogP contribution in [0, 0.1) is 5.82 Å². The minimum Gasteiger partial charge on any atom is -0.338 e. The third kappa shape index (κ3) is 6.30. The van der Waals surface area contributed by atoms with E-state index in [0.717, 1.165) is 0 Å². The summed E-state index contributed by atoms with van der Waals surface area (Å²) >= 11 is 9.38. The fourth-order valence-corrected chi connectivity index (χ4v) is 5.99. The summed E-state index contributed by atoms with van der Waals surface area (Å²) in [5, 5.41) is 0.139. The molecular formula is C27H23BrClFN2O3S. The number of aromatic nitrogens is 2. The van der Waals surface area contributed by atoms with Crippen LogP contribution < -0.4 is 0 Å². The first-order valence-electron chi connectivity index (χ1n) is 11.4. The quantitative estimate of drug-likeness (QED) is 0.153. The van der Waals surface area contributed by atoms with Crippen LogP contribution in [0.4, 0.5) is 4.39 Å². The Balaban J connectivity index is 1.41. The molecule has 4 aromatic rings. The van der Waals surface area contributed by atoms with Gasteiger partial charge in [0.1, 0.15) is 11.6 Å². The standard InChI is InChI=1S/C27H23BrClFN2O3S/c28-21-12-10-19(15-23(21)30)24-17-31-27(32-24)20-11-13-22(29)26(16-20)36(34,35)14-6-2-5-9-25(33)18-7-3-1-4-8-18/h1,3-4,7-8,10-13,15-17H,2,5-6,9,14H2,(H,31,32). The molecule has 9 heteroatoms. The number of carbonyl (C=O) groups is 1. The van der Waals surface area contributed by atoms with Crippen molar-refractivity contribution in [2.45, 2.75) is 30.6 Å². The lowest BCUT2D eigenvalue weighted by Crippen LogP contribution is -2.08. The molecule has 0 fully saturated rings. The van der Waals surface area contributed by atoms with Gasteiger partial charge in [-0.1, -0.05) is 54.4 Å². The smallest absolute Gasteiger partial charge is 0.179 e. The summed E-state index contributed by atoms with van der Waals surface area (Å²) in [4.78, 5) is 19.7. The Morgan fingerprint density at radius 3 is 2.47 bits per heavy atom. The molecule has 5 nitrogen and oxygen atoms in total. The first-order valence-corrected chi connectivity index (χ1v) is 14.2. The van der Waals surface area contributed by atoms with Gasteiger partial charge in [0.15, 0.2) is 15.6 Å². The first kappa shape index (κ1) is 26.3. The average molecular weight is 590 g/mol. The SMILES string of the molecule is O=C(CCCCCS(=O)(=O)c1cc(-c2ncc(-c3ccc(Br)c(F)c3)[nH]2)ccc1Cl)c1ccccc1. The van der Waals surface area contributed by atoms with Crippen molar-refractivity contribution in [2.24, 2.45) is 0 Å². The van der Waals surface area contributed by atoms with Crippen LogP contribution in [0.25, 0.3) is 22.6 Å². The normalized spacial score (nSPS) is 11.5. The van der Waals surface area contributed by atoms with E-state index in [1.54, 1.807) is 36.5 Å². The largest absolute Gasteiger partial charge is 0.338 e. The third-order valence-corrected chi connectivity index (χ3v) is 8.68. The summed E-state index contributed by atoms with van der Waals surface area (Å²) in [6.45, 7) is 0. The van der Waals surface area contributed by atoms with Gasteiger partial charge in [0.05, 0.1) is 32.0 Å². The van der Waals surface area contributed by atoms with Crippen molar-refractivity contribution in [1.29, 1.82) is 0 Å². The zero-order valence-corrected chi connectivity index (χ0v) is 22.3. The van der Waals surface area contributed by atoms with E-state index in [-0.39, 0.29) is 21.5 Å². The van der Waals surface area contributed by atoms with Gasteiger partial charge in [-0.25, -0.2) is 17.8 Å². The second kappa shape index (κ2) is 11.5. The van der Waals surface area contributed by atoms with Crippen LogP contribution in [-0.4, -0.2) is 29.9 Å². The number of aromatic amines is 1. The molecule has 3 aromatic carbocycles. The third-order valence-electron chi connectivity index (χ3n) is 5.76. The molecule has 0 aliphatic heterocycles. The monoisotopic (exact) mass is 588 g/mol. The number of benzene rings is 3. The van der Waals surface area contributed by atoms with Gasteiger partial charge in [-0.3, -0.25) is 4.79 Å². The van der Waals surface area contributed by atoms with E-state index >= 15 is 0 Å². The van der Waals surface area contributed by atoms with Gasteiger partial charge in [-0.2, -0.15) is 0 Å². The molecule has 0 unspecified atom stereocenters. The highest BCUT2D eigenvalue weighted by molar-refractivity contribution is 9.10. The number of halogens is 3. The van der Waals surface area contributed by atoms with E-state index in [2.05, 4.69) is 25.9 Å². The number of rotatable bonds is 10. The van der Waals surface area contributed by atoms with Crippen molar-refractivity contribution < 1.29 is 17.6 Å². The van der Waals surface area contributed by atoms with Crippen molar-refractivity contribution in [1.82, 2.24) is 9.97 Å². The number of imidazole rings is 1. The average Bonchev–Trinajstić information content (AvgIpc) is 3.36. The highest BCUT2D eigenvalue weighted by Crippen LogP contribution is 2.30. The molecule has 0 atom stereocenters. The summed E-state index contributed by atoms with van der Waals surface area (Å²) in [5.41, 5.74) is 2.43. The van der Waals surface area contributed by atoms with Gasteiger partial charge in [-0.05, 0) is 59.1 Å². The molecule has 0 saturated heterocycles. The number of hydrogen-bond acceptors (Lipinski definition) is 4. The van der Waals surface area contributed by atoms with Crippen molar-refractivity contribution in [3.63, 3.8) is 0 Å². The number of H-pyrrole nitrogens is 1. The molecule has 1 N–H and O–H groups in total. The lowest BCUT2D eigenvalue weighted by atomic mass is 10.1. The molecule has 0 aliphatic carbocycles. The highest BCUT2D eigenvalue weighted by atomic mass is 79.9. The van der Waals surface area contributed by atoms with Crippen LogP contribution >= 0.6 is 27.5 Å². The molecule has 0 aliphatic rings. The Morgan fingerprint density at radius 1 is 0.972 bits per heavy atom. The molecule has 0 radical (unpaired) electrons. The van der Waals surface area contributed by atoms with Gasteiger partial charge < -0.3 is 4.98 Å². The fraction of sp³-hybridized carbons (Fsp3) is 0.185. The predicted molar refractivity (Wildman–Crippen MR) is 143 cm³/mol. The molecule has 1 aromatic heterocycles. The maximum absolute atomic E-state index is 13.9. The van der Waals surface area contributed by atoms with E-state index in [9.17, 15) is 17.6 Å². The number of hydrogen-bond donors (Lipinski definition) is 1.